The third kappa shape index (κ3) is 8.94. The van der Waals surface area contributed by atoms with Crippen LogP contribution >= 0.6 is 58.5 Å². The molecule has 1 aliphatic carbocycles. The first-order valence-corrected chi connectivity index (χ1v) is 12.1. The van der Waals surface area contributed by atoms with Gasteiger partial charge in [0.05, 0.1) is 0 Å². The van der Waals surface area contributed by atoms with Crippen LogP contribution in [0.5, 0.6) is 0 Å². The third-order valence-electron chi connectivity index (χ3n) is 2.21. The molecule has 2 heterocycles. The van der Waals surface area contributed by atoms with Crippen molar-refractivity contribution < 1.29 is 0 Å². The number of rotatable bonds is 2. The Balaban J connectivity index is 0.000000203. The number of nitrogens with zero attached hydrogens (tertiary/aromatic N) is 2. The van der Waals surface area contributed by atoms with E-state index in [4.69, 9.17) is 45.0 Å². The second-order valence-corrected chi connectivity index (χ2v) is 10.9. The molecule has 0 saturated carbocycles. The number of aromatic nitrogens is 2. The summed E-state index contributed by atoms with van der Waals surface area (Å²) in [5.74, 6) is -1.20. The van der Waals surface area contributed by atoms with Crippen LogP contribution in [0, 0.1) is 0 Å². The highest BCUT2D eigenvalue weighted by atomic mass is 36.0. The average molecular weight is 402 g/mol. The molecule has 3 rings (SSSR count). The molecule has 0 bridgehead atoms. The van der Waals surface area contributed by atoms with Gasteiger partial charge in [0.2, 0.25) is 7.58 Å². The van der Waals surface area contributed by atoms with Crippen LogP contribution in [0.3, 0.4) is 0 Å². The van der Waals surface area contributed by atoms with Gasteiger partial charge < -0.3 is 8.68 Å². The topological polar surface area (TPSA) is 9.86 Å². The van der Waals surface area contributed by atoms with Crippen molar-refractivity contribution >= 4 is 58.5 Å². The van der Waals surface area contributed by atoms with Gasteiger partial charge in [0.15, 0.2) is 5.98 Å². The van der Waals surface area contributed by atoms with Crippen molar-refractivity contribution in [2.45, 2.75) is 6.42 Å². The highest BCUT2D eigenvalue weighted by Gasteiger charge is 2.05. The summed E-state index contributed by atoms with van der Waals surface area (Å²) in [4.78, 5) is 0. The Kier molecular flexibility index (Phi) is 10.6. The maximum atomic E-state index is 6.21. The van der Waals surface area contributed by atoms with Crippen LogP contribution in [-0.4, -0.2) is 8.68 Å². The summed E-state index contributed by atoms with van der Waals surface area (Å²) in [5.41, 5.74) is 0. The summed E-state index contributed by atoms with van der Waals surface area (Å²) >= 11 is 20.8. The Bertz CT molecular complexity index is 477. The zero-order valence-corrected chi connectivity index (χ0v) is 15.7. The first kappa shape index (κ1) is 19.1. The summed E-state index contributed by atoms with van der Waals surface area (Å²) < 4.78 is 3.99. The Hall–Kier alpha value is 0.0600. The molecule has 0 aromatic carbocycles. The average Bonchev–Trinajstić information content (AvgIpc) is 3.19. The number of hydrogen-bond donors (Lipinski definition) is 0. The lowest BCUT2D eigenvalue weighted by Crippen LogP contribution is -1.90. The minimum absolute atomic E-state index is 0.791. The molecule has 8 heteroatoms. The maximum absolute atomic E-state index is 6.21. The Morgan fingerprint density at radius 2 is 1.00 bits per heavy atom. The van der Waals surface area contributed by atoms with Crippen molar-refractivity contribution in [1.29, 1.82) is 0 Å². The number of halogens is 4. The van der Waals surface area contributed by atoms with Crippen LogP contribution in [0.2, 0.25) is 0 Å². The van der Waals surface area contributed by atoms with Crippen molar-refractivity contribution in [3.8, 4) is 0 Å². The van der Waals surface area contributed by atoms with Crippen LogP contribution in [-0.2, 0) is 0 Å². The van der Waals surface area contributed by atoms with Crippen molar-refractivity contribution in [2.75, 3.05) is 0 Å². The first-order chi connectivity index (χ1) is 10.1. The summed E-state index contributed by atoms with van der Waals surface area (Å²) in [7, 11) is -0.791. The Morgan fingerprint density at radius 1 is 0.667 bits per heavy atom. The first-order valence-electron chi connectivity index (χ1n) is 5.93. The monoisotopic (exact) mass is 400 g/mol. The van der Waals surface area contributed by atoms with E-state index >= 15 is 0 Å². The maximum Gasteiger partial charge on any atom is 0.205 e. The molecule has 2 aromatic rings. The van der Waals surface area contributed by atoms with Crippen molar-refractivity contribution in [1.82, 2.24) is 8.68 Å². The molecule has 0 radical (unpaired) electrons. The van der Waals surface area contributed by atoms with E-state index in [0.717, 1.165) is 6.42 Å². The molecule has 2 nitrogen and oxygen atoms in total. The highest BCUT2D eigenvalue weighted by Crippen LogP contribution is 2.51. The van der Waals surface area contributed by atoms with E-state index in [0.29, 0.717) is 0 Å². The molecule has 0 atom stereocenters. The second kappa shape index (κ2) is 11.6. The second-order valence-electron chi connectivity index (χ2n) is 3.65. The fourth-order valence-corrected chi connectivity index (χ4v) is 2.97. The molecule has 0 aliphatic heterocycles. The summed E-state index contributed by atoms with van der Waals surface area (Å²) in [6.45, 7) is 0. The van der Waals surface area contributed by atoms with Crippen LogP contribution in [0.1, 0.15) is 6.42 Å². The molecular formula is C13H14Cl4N2P2. The molecule has 0 unspecified atom stereocenters. The van der Waals surface area contributed by atoms with E-state index in [2.05, 4.69) is 24.3 Å². The fourth-order valence-electron chi connectivity index (χ4n) is 1.38. The van der Waals surface area contributed by atoms with E-state index in [1.807, 2.05) is 57.7 Å². The summed E-state index contributed by atoms with van der Waals surface area (Å²) in [6, 6.07) is 7.89. The molecule has 0 spiro atoms. The fraction of sp³-hybridized carbons (Fsp3) is 0.0769. The number of allylic oxidation sites excluding steroid dienone is 4. The van der Waals surface area contributed by atoms with E-state index in [9.17, 15) is 0 Å². The minimum Gasteiger partial charge on any atom is -0.303 e. The Morgan fingerprint density at radius 3 is 1.24 bits per heavy atom. The van der Waals surface area contributed by atoms with E-state index in [-0.39, 0.29) is 0 Å². The lowest BCUT2D eigenvalue weighted by Gasteiger charge is -2.11. The quantitative estimate of drug-likeness (QED) is 0.459. The predicted octanol–water partition coefficient (Wildman–Crippen LogP) is 7.58. The minimum atomic E-state index is -1.20. The van der Waals surface area contributed by atoms with E-state index < -0.39 is 13.6 Å². The van der Waals surface area contributed by atoms with Crippen molar-refractivity contribution in [3.63, 3.8) is 0 Å². The van der Waals surface area contributed by atoms with Crippen LogP contribution in [0.25, 0.3) is 0 Å². The SMILES string of the molecule is C1=CCC=C1.ClP(Cl)Cl.ClP(n1cccc1)n1cccc1. The molecular weight excluding hydrogens is 388 g/mol. The number of hydrogen-bond acceptors (Lipinski definition) is 0. The van der Waals surface area contributed by atoms with E-state index in [1.165, 1.54) is 0 Å². The van der Waals surface area contributed by atoms with Gasteiger partial charge in [-0.05, 0) is 41.9 Å². The van der Waals surface area contributed by atoms with Crippen molar-refractivity contribution in [2.24, 2.45) is 0 Å². The van der Waals surface area contributed by atoms with Gasteiger partial charge in [0, 0.05) is 24.8 Å². The molecule has 0 amide bonds. The van der Waals surface area contributed by atoms with Gasteiger partial charge in [0.25, 0.3) is 0 Å². The van der Waals surface area contributed by atoms with E-state index in [1.54, 1.807) is 0 Å². The molecule has 0 fully saturated rings. The van der Waals surface area contributed by atoms with Crippen LogP contribution < -0.4 is 0 Å². The van der Waals surface area contributed by atoms with Crippen LogP contribution in [0.4, 0.5) is 0 Å². The van der Waals surface area contributed by atoms with Gasteiger partial charge >= 0.3 is 0 Å². The lowest BCUT2D eigenvalue weighted by molar-refractivity contribution is 1.16. The smallest absolute Gasteiger partial charge is 0.205 e. The van der Waals surface area contributed by atoms with Gasteiger partial charge in [-0.2, -0.15) is 0 Å². The molecule has 21 heavy (non-hydrogen) atoms. The zero-order valence-electron chi connectivity index (χ0n) is 10.9. The lowest BCUT2D eigenvalue weighted by atomic mass is 10.5. The standard InChI is InChI=1S/C8H8ClN2P.C5H6.Cl3P/c9-12(10-5-1-2-6-10)11-7-3-4-8-11;1-2-4-5-3-1;1-4(2)3/h1-8H;1-4H,5H2;. The predicted molar refractivity (Wildman–Crippen MR) is 99.8 cm³/mol. The van der Waals surface area contributed by atoms with Gasteiger partial charge in [-0.3, -0.25) is 0 Å². The third-order valence-corrected chi connectivity index (χ3v) is 4.56. The normalized spacial score (nSPS) is 12.1. The van der Waals surface area contributed by atoms with Gasteiger partial charge in [-0.25, -0.2) is 0 Å². The molecule has 0 saturated heterocycles. The molecule has 114 valence electrons. The summed E-state index contributed by atoms with van der Waals surface area (Å²) in [5, 5.41) is 0. The highest BCUT2D eigenvalue weighted by molar-refractivity contribution is 8.20. The zero-order chi connectivity index (χ0) is 15.5. The largest absolute Gasteiger partial charge is 0.303 e. The molecule has 1 aliphatic rings. The van der Waals surface area contributed by atoms with Crippen molar-refractivity contribution in [3.05, 3.63) is 73.4 Å². The van der Waals surface area contributed by atoms with Gasteiger partial charge in [-0.15, -0.1) is 0 Å². The molecule has 0 N–H and O–H groups in total. The Labute approximate surface area is 146 Å². The van der Waals surface area contributed by atoms with Gasteiger partial charge in [0.1, 0.15) is 0 Å². The van der Waals surface area contributed by atoms with Crippen LogP contribution in [0.15, 0.2) is 73.4 Å². The summed E-state index contributed by atoms with van der Waals surface area (Å²) in [6.07, 6.45) is 17.4. The molecule has 2 aromatic heterocycles. The van der Waals surface area contributed by atoms with Gasteiger partial charge in [-0.1, -0.05) is 58.0 Å².